The molecule has 1 aromatic heterocycles. The van der Waals surface area contributed by atoms with E-state index in [0.717, 1.165) is 6.07 Å². The molecule has 0 aliphatic carbocycles. The predicted molar refractivity (Wildman–Crippen MR) is 121 cm³/mol. The van der Waals surface area contributed by atoms with Crippen LogP contribution in [-0.2, 0) is 19.9 Å². The SMILES string of the molecule is N=C(N)c1c(-c2cccc3nc(N)sc23)ccc(S(=O)(=O)CCN)c1S(N)(=O)=O.NN. The normalized spacial score (nSPS) is 11.7. The van der Waals surface area contributed by atoms with Gasteiger partial charge in [-0.3, -0.25) is 17.1 Å². The van der Waals surface area contributed by atoms with Crippen LogP contribution < -0.4 is 34.0 Å². The second-order valence-corrected chi connectivity index (χ2v) is 10.7. The van der Waals surface area contributed by atoms with E-state index in [1.807, 2.05) is 0 Å². The van der Waals surface area contributed by atoms with Crippen LogP contribution in [0.15, 0.2) is 40.1 Å². The zero-order valence-electron chi connectivity index (χ0n) is 16.1. The van der Waals surface area contributed by atoms with Crippen LogP contribution in [0.4, 0.5) is 5.13 Å². The van der Waals surface area contributed by atoms with Gasteiger partial charge >= 0.3 is 0 Å². The Labute approximate surface area is 182 Å². The van der Waals surface area contributed by atoms with E-state index >= 15 is 0 Å². The summed E-state index contributed by atoms with van der Waals surface area (Å²) in [5, 5.41) is 13.6. The minimum Gasteiger partial charge on any atom is -0.384 e. The summed E-state index contributed by atoms with van der Waals surface area (Å²) < 4.78 is 50.6. The second-order valence-electron chi connectivity index (χ2n) is 6.09. The summed E-state index contributed by atoms with van der Waals surface area (Å²) in [6, 6.07) is 7.59. The molecule has 13 N–H and O–H groups in total. The predicted octanol–water partition coefficient (Wildman–Crippen LogP) is -0.972. The Morgan fingerprint density at radius 2 is 1.71 bits per heavy atom. The summed E-state index contributed by atoms with van der Waals surface area (Å²) in [5.74, 6) is 6.86. The number of primary sulfonamides is 1. The molecular formula is C16H22N8O4S3. The Balaban J connectivity index is 0.00000166. The number of nitrogens with zero attached hydrogens (tertiary/aromatic N) is 1. The van der Waals surface area contributed by atoms with Crippen molar-refractivity contribution >= 4 is 52.4 Å². The third kappa shape index (κ3) is 4.82. The first-order valence-electron chi connectivity index (χ1n) is 8.43. The van der Waals surface area contributed by atoms with Crippen molar-refractivity contribution in [3.8, 4) is 11.1 Å². The molecule has 3 aromatic rings. The first-order chi connectivity index (χ1) is 14.5. The molecule has 0 amide bonds. The van der Waals surface area contributed by atoms with Gasteiger partial charge in [0, 0.05) is 17.7 Å². The monoisotopic (exact) mass is 486 g/mol. The summed E-state index contributed by atoms with van der Waals surface area (Å²) in [6.45, 7) is -0.219. The first-order valence-corrected chi connectivity index (χ1v) is 12.4. The lowest BCUT2D eigenvalue weighted by Gasteiger charge is -2.17. The summed E-state index contributed by atoms with van der Waals surface area (Å²) in [7, 11) is -8.65. The number of hydrogen-bond acceptors (Lipinski definition) is 11. The van der Waals surface area contributed by atoms with Crippen molar-refractivity contribution in [2.24, 2.45) is 28.3 Å². The molecule has 12 nitrogen and oxygen atoms in total. The van der Waals surface area contributed by atoms with Gasteiger partial charge in [0.1, 0.15) is 10.7 Å². The van der Waals surface area contributed by atoms with Gasteiger partial charge < -0.3 is 17.2 Å². The van der Waals surface area contributed by atoms with Crippen LogP contribution in [0.2, 0.25) is 0 Å². The zero-order valence-corrected chi connectivity index (χ0v) is 18.5. The molecule has 1 heterocycles. The number of nitrogens with one attached hydrogen (secondary N) is 1. The van der Waals surface area contributed by atoms with Crippen LogP contribution >= 0.6 is 11.3 Å². The average Bonchev–Trinajstić information content (AvgIpc) is 3.07. The van der Waals surface area contributed by atoms with Gasteiger partial charge in [0.15, 0.2) is 15.0 Å². The Kier molecular flexibility index (Phi) is 7.32. The largest absolute Gasteiger partial charge is 0.384 e. The Morgan fingerprint density at radius 3 is 2.26 bits per heavy atom. The lowest BCUT2D eigenvalue weighted by Crippen LogP contribution is -2.26. The lowest BCUT2D eigenvalue weighted by molar-refractivity contribution is 0.583. The molecule has 0 saturated heterocycles. The van der Waals surface area contributed by atoms with E-state index < -0.39 is 41.2 Å². The third-order valence-electron chi connectivity index (χ3n) is 4.12. The van der Waals surface area contributed by atoms with E-state index in [1.165, 1.54) is 17.4 Å². The van der Waals surface area contributed by atoms with Crippen molar-refractivity contribution in [2.75, 3.05) is 18.0 Å². The van der Waals surface area contributed by atoms with E-state index in [4.69, 9.17) is 27.7 Å². The van der Waals surface area contributed by atoms with Crippen molar-refractivity contribution in [3.63, 3.8) is 0 Å². The Morgan fingerprint density at radius 1 is 1.06 bits per heavy atom. The van der Waals surface area contributed by atoms with E-state index in [9.17, 15) is 16.8 Å². The molecule has 0 aliphatic rings. The summed E-state index contributed by atoms with van der Waals surface area (Å²) in [6.07, 6.45) is 0. The van der Waals surface area contributed by atoms with E-state index in [2.05, 4.69) is 16.7 Å². The standard InChI is InChI=1S/C16H18N6O4S3.H4N2/c17-6-7-28(23,24)11-5-4-8(12(15(18)19)14(11)29(21,25)26)9-2-1-3-10-13(9)27-16(20)22-10;1-2/h1-5H,6-7,17H2,(H3,18,19)(H2,20,22)(H2,21,25,26);1-2H2. The van der Waals surface area contributed by atoms with Gasteiger partial charge in [-0.2, -0.15) is 0 Å². The number of rotatable bonds is 6. The number of sulfone groups is 1. The maximum absolute atomic E-state index is 12.6. The Hall–Kier alpha value is -2.66. The molecule has 0 saturated carbocycles. The molecule has 3 rings (SSSR count). The summed E-state index contributed by atoms with van der Waals surface area (Å²) in [4.78, 5) is 2.91. The molecular weight excluding hydrogens is 464 g/mol. The number of thiazole rings is 1. The molecule has 2 aromatic carbocycles. The maximum Gasteiger partial charge on any atom is 0.240 e. The van der Waals surface area contributed by atoms with Gasteiger partial charge in [0.2, 0.25) is 10.0 Å². The number of hydrazine groups is 1. The number of sulfonamides is 1. The van der Waals surface area contributed by atoms with Gasteiger partial charge in [-0.1, -0.05) is 29.5 Å². The molecule has 168 valence electrons. The fourth-order valence-corrected chi connectivity index (χ4v) is 6.66. The minimum absolute atomic E-state index is 0.219. The van der Waals surface area contributed by atoms with E-state index in [1.54, 1.807) is 18.2 Å². The van der Waals surface area contributed by atoms with E-state index in [-0.39, 0.29) is 17.7 Å². The molecule has 0 fully saturated rings. The van der Waals surface area contributed by atoms with Gasteiger partial charge in [0.25, 0.3) is 0 Å². The first kappa shape index (κ1) is 24.6. The number of nitrogens with two attached hydrogens (primary N) is 6. The smallest absolute Gasteiger partial charge is 0.240 e. The van der Waals surface area contributed by atoms with Crippen LogP contribution in [0.3, 0.4) is 0 Å². The molecule has 0 bridgehead atoms. The van der Waals surface area contributed by atoms with Gasteiger partial charge in [-0.05, 0) is 17.7 Å². The quantitative estimate of drug-likeness (QED) is 0.0969. The number of nitrogen functional groups attached to an aromatic ring is 2. The highest BCUT2D eigenvalue weighted by Gasteiger charge is 2.31. The highest BCUT2D eigenvalue weighted by Crippen LogP contribution is 2.39. The van der Waals surface area contributed by atoms with Gasteiger partial charge in [-0.15, -0.1) is 0 Å². The summed E-state index contributed by atoms with van der Waals surface area (Å²) in [5.41, 5.74) is 17.8. The minimum atomic E-state index is -4.57. The number of amidine groups is 1. The average molecular weight is 487 g/mol. The molecule has 0 atom stereocenters. The van der Waals surface area contributed by atoms with Crippen LogP contribution in [0.5, 0.6) is 0 Å². The van der Waals surface area contributed by atoms with Crippen molar-refractivity contribution in [1.29, 1.82) is 5.41 Å². The molecule has 31 heavy (non-hydrogen) atoms. The highest BCUT2D eigenvalue weighted by molar-refractivity contribution is 7.93. The van der Waals surface area contributed by atoms with Crippen molar-refractivity contribution < 1.29 is 16.8 Å². The van der Waals surface area contributed by atoms with Crippen LogP contribution in [-0.4, -0.2) is 40.0 Å². The fourth-order valence-electron chi connectivity index (χ4n) is 3.03. The number of hydrogen-bond donors (Lipinski definition) is 7. The fraction of sp³-hybridized carbons (Fsp3) is 0.125. The van der Waals surface area contributed by atoms with Crippen LogP contribution in [0.1, 0.15) is 5.56 Å². The maximum atomic E-state index is 12.6. The third-order valence-corrected chi connectivity index (χ3v) is 7.96. The van der Waals surface area contributed by atoms with Crippen molar-refractivity contribution in [1.82, 2.24) is 4.98 Å². The molecule has 15 heteroatoms. The topological polar surface area (TPSA) is 261 Å². The summed E-state index contributed by atoms with van der Waals surface area (Å²) >= 11 is 1.17. The molecule has 0 aliphatic heterocycles. The zero-order chi connectivity index (χ0) is 23.6. The van der Waals surface area contributed by atoms with E-state index in [0.29, 0.717) is 20.9 Å². The van der Waals surface area contributed by atoms with Gasteiger partial charge in [0.05, 0.1) is 20.9 Å². The van der Waals surface area contributed by atoms with Crippen LogP contribution in [0, 0.1) is 5.41 Å². The number of anilines is 1. The van der Waals surface area contributed by atoms with Gasteiger partial charge in [-0.25, -0.2) is 27.0 Å². The number of fused-ring (bicyclic) bond motifs is 1. The molecule has 0 radical (unpaired) electrons. The molecule has 0 unspecified atom stereocenters. The van der Waals surface area contributed by atoms with Crippen LogP contribution in [0.25, 0.3) is 21.3 Å². The number of benzene rings is 2. The number of aromatic nitrogens is 1. The second kappa shape index (κ2) is 9.23. The van der Waals surface area contributed by atoms with Crippen molar-refractivity contribution in [2.45, 2.75) is 9.79 Å². The highest BCUT2D eigenvalue weighted by atomic mass is 32.2. The Bertz CT molecular complexity index is 1350. The molecule has 0 spiro atoms. The van der Waals surface area contributed by atoms with Crippen molar-refractivity contribution in [3.05, 3.63) is 35.9 Å². The lowest BCUT2D eigenvalue weighted by atomic mass is 9.98.